The molecule has 1 aliphatic carbocycles. The lowest BCUT2D eigenvalue weighted by Gasteiger charge is -1.98. The second kappa shape index (κ2) is 2.31. The first-order valence-electron chi connectivity index (χ1n) is 3.11. The highest BCUT2D eigenvalue weighted by Crippen LogP contribution is 2.34. The molecule has 1 fully saturated rings. The van der Waals surface area contributed by atoms with Gasteiger partial charge in [0, 0.05) is 0 Å². The highest BCUT2D eigenvalue weighted by atomic mass is 16.3. The van der Waals surface area contributed by atoms with Crippen LogP contribution in [0.5, 0.6) is 0 Å². The van der Waals surface area contributed by atoms with Crippen LogP contribution in [-0.2, 0) is 5.11 Å². The summed E-state index contributed by atoms with van der Waals surface area (Å²) in [6.45, 7) is 3.51. The fourth-order valence-electron chi connectivity index (χ4n) is 0.825. The second-order valence-corrected chi connectivity index (χ2v) is 2.40. The molecule has 0 bridgehead atoms. The maximum atomic E-state index is 10.8. The van der Waals surface area contributed by atoms with Gasteiger partial charge in [-0.25, -0.2) is 5.11 Å². The summed E-state index contributed by atoms with van der Waals surface area (Å²) in [4.78, 5) is 0. The third-order valence-electron chi connectivity index (χ3n) is 1.55. The molecule has 1 nitrogen and oxygen atoms in total. The van der Waals surface area contributed by atoms with Gasteiger partial charge in [-0.2, -0.15) is 0 Å². The Hall–Kier alpha value is -0.300. The van der Waals surface area contributed by atoms with Crippen molar-refractivity contribution in [2.75, 3.05) is 0 Å². The van der Waals surface area contributed by atoms with Crippen molar-refractivity contribution in [3.8, 4) is 0 Å². The molecular formula is C7H11O. The van der Waals surface area contributed by atoms with E-state index in [9.17, 15) is 5.11 Å². The molecule has 0 spiro atoms. The van der Waals surface area contributed by atoms with Gasteiger partial charge in [-0.05, 0) is 25.2 Å². The fourth-order valence-corrected chi connectivity index (χ4v) is 0.825. The fraction of sp³-hybridized carbons (Fsp3) is 0.714. The summed E-state index contributed by atoms with van der Waals surface area (Å²) in [5.41, 5.74) is 0. The third-order valence-corrected chi connectivity index (χ3v) is 1.55. The maximum Gasteiger partial charge on any atom is 0.0992 e. The van der Waals surface area contributed by atoms with Crippen LogP contribution in [0, 0.1) is 5.92 Å². The van der Waals surface area contributed by atoms with E-state index in [4.69, 9.17) is 0 Å². The molecule has 0 aromatic rings. The summed E-state index contributed by atoms with van der Waals surface area (Å²) in [6.07, 6.45) is 4.34. The van der Waals surface area contributed by atoms with Crippen molar-refractivity contribution < 1.29 is 5.11 Å². The molecule has 8 heavy (non-hydrogen) atoms. The Balaban J connectivity index is 2.12. The largest absolute Gasteiger partial charge is 0.232 e. The monoisotopic (exact) mass is 111 g/mol. The Morgan fingerprint density at radius 1 is 1.75 bits per heavy atom. The Labute approximate surface area is 50.0 Å². The number of rotatable bonds is 3. The smallest absolute Gasteiger partial charge is 0.0992 e. The molecule has 1 rings (SSSR count). The second-order valence-electron chi connectivity index (χ2n) is 2.40. The molecule has 0 amide bonds. The highest BCUT2D eigenvalue weighted by molar-refractivity contribution is 4.85. The molecule has 0 aromatic carbocycles. The van der Waals surface area contributed by atoms with E-state index in [1.165, 1.54) is 0 Å². The molecule has 0 aromatic heterocycles. The Bertz CT molecular complexity index is 84.4. The minimum absolute atomic E-state index is 0.340. The van der Waals surface area contributed by atoms with E-state index >= 15 is 0 Å². The molecule has 1 radical (unpaired) electrons. The normalized spacial score (nSPS) is 22.6. The molecule has 0 aliphatic heterocycles. The van der Waals surface area contributed by atoms with E-state index in [0.717, 1.165) is 12.8 Å². The molecule has 1 atom stereocenters. The predicted molar refractivity (Wildman–Crippen MR) is 32.0 cm³/mol. The van der Waals surface area contributed by atoms with Crippen molar-refractivity contribution in [1.82, 2.24) is 0 Å². The molecule has 1 aliphatic rings. The molecule has 0 heterocycles. The van der Waals surface area contributed by atoms with E-state index in [1.54, 1.807) is 6.08 Å². The first kappa shape index (κ1) is 5.83. The Morgan fingerprint density at radius 3 is 2.75 bits per heavy atom. The van der Waals surface area contributed by atoms with E-state index in [-0.39, 0.29) is 6.10 Å². The maximum absolute atomic E-state index is 10.8. The van der Waals surface area contributed by atoms with Gasteiger partial charge in [-0.3, -0.25) is 0 Å². The van der Waals surface area contributed by atoms with E-state index < -0.39 is 0 Å². The molecule has 0 N–H and O–H groups in total. The van der Waals surface area contributed by atoms with Gasteiger partial charge in [0.1, 0.15) is 0 Å². The van der Waals surface area contributed by atoms with Gasteiger partial charge in [-0.15, -0.1) is 6.58 Å². The third kappa shape index (κ3) is 1.34. The lowest BCUT2D eigenvalue weighted by molar-refractivity contribution is 0.0725. The van der Waals surface area contributed by atoms with Crippen molar-refractivity contribution in [3.63, 3.8) is 0 Å². The lowest BCUT2D eigenvalue weighted by Crippen LogP contribution is -2.03. The summed E-state index contributed by atoms with van der Waals surface area (Å²) >= 11 is 0. The van der Waals surface area contributed by atoms with Gasteiger partial charge in [0.2, 0.25) is 0 Å². The summed E-state index contributed by atoms with van der Waals surface area (Å²) in [7, 11) is 0. The van der Waals surface area contributed by atoms with Gasteiger partial charge >= 0.3 is 0 Å². The Kier molecular flexibility index (Phi) is 1.69. The molecule has 0 unspecified atom stereocenters. The van der Waals surface area contributed by atoms with Crippen LogP contribution < -0.4 is 0 Å². The van der Waals surface area contributed by atoms with Crippen molar-refractivity contribution in [2.45, 2.75) is 25.4 Å². The topological polar surface area (TPSA) is 19.9 Å². The van der Waals surface area contributed by atoms with Crippen molar-refractivity contribution in [2.24, 2.45) is 5.92 Å². The standard InChI is InChI=1S/C7H11O/c1-2-3-7(8)6-4-5-6/h2,6-7H,1,3-5H2/t7-/m0/s1. The van der Waals surface area contributed by atoms with Crippen LogP contribution >= 0.6 is 0 Å². The minimum Gasteiger partial charge on any atom is -0.232 e. The van der Waals surface area contributed by atoms with Crippen LogP contribution in [-0.4, -0.2) is 6.10 Å². The molecule has 1 saturated carbocycles. The van der Waals surface area contributed by atoms with Crippen LogP contribution in [0.1, 0.15) is 19.3 Å². The SMILES string of the molecule is C=CC[C@H]([O])C1CC1. The van der Waals surface area contributed by atoms with Crippen LogP contribution in [0.15, 0.2) is 12.7 Å². The van der Waals surface area contributed by atoms with Crippen LogP contribution in [0.3, 0.4) is 0 Å². The average Bonchev–Trinajstić information content (AvgIpc) is 2.45. The van der Waals surface area contributed by atoms with E-state index in [0.29, 0.717) is 12.3 Å². The first-order valence-corrected chi connectivity index (χ1v) is 3.11. The zero-order chi connectivity index (χ0) is 5.98. The van der Waals surface area contributed by atoms with Gasteiger partial charge < -0.3 is 0 Å². The number of hydrogen-bond acceptors (Lipinski definition) is 0. The van der Waals surface area contributed by atoms with Crippen LogP contribution in [0.2, 0.25) is 0 Å². The number of hydrogen-bond donors (Lipinski definition) is 0. The van der Waals surface area contributed by atoms with Gasteiger partial charge in [0.25, 0.3) is 0 Å². The van der Waals surface area contributed by atoms with Crippen LogP contribution in [0.4, 0.5) is 0 Å². The first-order chi connectivity index (χ1) is 3.84. The van der Waals surface area contributed by atoms with E-state index in [2.05, 4.69) is 6.58 Å². The van der Waals surface area contributed by atoms with E-state index in [1.807, 2.05) is 0 Å². The highest BCUT2D eigenvalue weighted by Gasteiger charge is 2.29. The van der Waals surface area contributed by atoms with Crippen molar-refractivity contribution >= 4 is 0 Å². The zero-order valence-corrected chi connectivity index (χ0v) is 4.97. The molecule has 1 heteroatoms. The summed E-state index contributed by atoms with van der Waals surface area (Å²) < 4.78 is 0. The van der Waals surface area contributed by atoms with Gasteiger partial charge in [0.15, 0.2) is 0 Å². The quantitative estimate of drug-likeness (QED) is 0.495. The molecule has 0 saturated heterocycles. The van der Waals surface area contributed by atoms with Crippen molar-refractivity contribution in [1.29, 1.82) is 0 Å². The van der Waals surface area contributed by atoms with Crippen LogP contribution in [0.25, 0.3) is 0 Å². The summed E-state index contributed by atoms with van der Waals surface area (Å²) in [6, 6.07) is 0. The zero-order valence-electron chi connectivity index (χ0n) is 4.97. The molecular weight excluding hydrogens is 100 g/mol. The summed E-state index contributed by atoms with van der Waals surface area (Å²) in [5, 5.41) is 10.8. The minimum atomic E-state index is -0.340. The molecule has 45 valence electrons. The predicted octanol–water partition coefficient (Wildman–Crippen LogP) is 1.77. The van der Waals surface area contributed by atoms with Gasteiger partial charge in [-0.1, -0.05) is 6.08 Å². The summed E-state index contributed by atoms with van der Waals surface area (Å²) in [5.74, 6) is 0.494. The Morgan fingerprint density at radius 2 is 2.38 bits per heavy atom. The lowest BCUT2D eigenvalue weighted by atomic mass is 10.2. The van der Waals surface area contributed by atoms with Gasteiger partial charge in [0.05, 0.1) is 6.10 Å². The van der Waals surface area contributed by atoms with Crippen molar-refractivity contribution in [3.05, 3.63) is 12.7 Å². The average molecular weight is 111 g/mol.